The average molecular weight is 328 g/mol. The molecule has 1 aromatic carbocycles. The first kappa shape index (κ1) is 15.7. The second-order valence-electron chi connectivity index (χ2n) is 5.31. The van der Waals surface area contributed by atoms with Crippen molar-refractivity contribution < 1.29 is 18.8 Å². The highest BCUT2D eigenvalue weighted by molar-refractivity contribution is 5.92. The number of esters is 1. The molecule has 0 saturated carbocycles. The number of amides is 1. The maximum Gasteiger partial charge on any atom is 0.312 e. The van der Waals surface area contributed by atoms with Crippen molar-refractivity contribution in [2.45, 2.75) is 13.3 Å². The SMILES string of the molecule is Cc1cc(NC(=O)COC(=O)Cc2noc3ccccc23)n(C)n1. The summed E-state index contributed by atoms with van der Waals surface area (Å²) >= 11 is 0. The summed E-state index contributed by atoms with van der Waals surface area (Å²) < 4.78 is 11.6. The lowest BCUT2D eigenvalue weighted by molar-refractivity contribution is -0.146. The van der Waals surface area contributed by atoms with Crippen LogP contribution in [0.25, 0.3) is 11.0 Å². The number of anilines is 1. The van der Waals surface area contributed by atoms with Gasteiger partial charge in [-0.1, -0.05) is 17.3 Å². The Hall–Kier alpha value is -3.16. The van der Waals surface area contributed by atoms with Crippen LogP contribution in [0.15, 0.2) is 34.9 Å². The predicted molar refractivity (Wildman–Crippen MR) is 85.2 cm³/mol. The summed E-state index contributed by atoms with van der Waals surface area (Å²) in [7, 11) is 1.71. The molecule has 1 N–H and O–H groups in total. The summed E-state index contributed by atoms with van der Waals surface area (Å²) in [5.41, 5.74) is 1.87. The fourth-order valence-corrected chi connectivity index (χ4v) is 2.31. The molecule has 2 aromatic heterocycles. The third-order valence-corrected chi connectivity index (χ3v) is 3.40. The van der Waals surface area contributed by atoms with Gasteiger partial charge in [-0.2, -0.15) is 5.10 Å². The van der Waals surface area contributed by atoms with E-state index in [2.05, 4.69) is 15.6 Å². The molecule has 0 aliphatic carbocycles. The molecule has 1 amide bonds. The molecule has 0 unspecified atom stereocenters. The lowest BCUT2D eigenvalue weighted by Gasteiger charge is -2.06. The van der Waals surface area contributed by atoms with E-state index in [1.54, 1.807) is 19.2 Å². The number of carbonyl (C=O) groups is 2. The van der Waals surface area contributed by atoms with E-state index in [-0.39, 0.29) is 13.0 Å². The van der Waals surface area contributed by atoms with E-state index in [1.165, 1.54) is 4.68 Å². The van der Waals surface area contributed by atoms with Crippen LogP contribution in [-0.2, 0) is 27.8 Å². The first-order valence-corrected chi connectivity index (χ1v) is 7.32. The molecule has 3 rings (SSSR count). The molecule has 0 atom stereocenters. The zero-order valence-electron chi connectivity index (χ0n) is 13.3. The third-order valence-electron chi connectivity index (χ3n) is 3.40. The summed E-state index contributed by atoms with van der Waals surface area (Å²) in [6, 6.07) is 8.95. The molecule has 0 spiro atoms. The summed E-state index contributed by atoms with van der Waals surface area (Å²) in [6.07, 6.45) is -0.0604. The Kier molecular flexibility index (Phi) is 4.28. The molecule has 0 saturated heterocycles. The van der Waals surface area contributed by atoms with Gasteiger partial charge >= 0.3 is 5.97 Å². The van der Waals surface area contributed by atoms with Gasteiger partial charge in [0, 0.05) is 18.5 Å². The minimum atomic E-state index is -0.551. The lowest BCUT2D eigenvalue weighted by atomic mass is 10.2. The monoisotopic (exact) mass is 328 g/mol. The molecule has 24 heavy (non-hydrogen) atoms. The van der Waals surface area contributed by atoms with Crippen molar-refractivity contribution in [2.75, 3.05) is 11.9 Å². The second kappa shape index (κ2) is 6.53. The van der Waals surface area contributed by atoms with Gasteiger partial charge in [-0.05, 0) is 19.1 Å². The number of aromatic nitrogens is 3. The highest BCUT2D eigenvalue weighted by Crippen LogP contribution is 2.18. The molecule has 8 heteroatoms. The Bertz CT molecular complexity index is 897. The molecule has 2 heterocycles. The number of rotatable bonds is 5. The number of ether oxygens (including phenoxy) is 1. The molecule has 0 bridgehead atoms. The van der Waals surface area contributed by atoms with Crippen LogP contribution in [0.2, 0.25) is 0 Å². The van der Waals surface area contributed by atoms with Gasteiger partial charge in [-0.25, -0.2) is 0 Å². The number of nitrogens with zero attached hydrogens (tertiary/aromatic N) is 3. The van der Waals surface area contributed by atoms with Crippen LogP contribution in [0.1, 0.15) is 11.4 Å². The van der Waals surface area contributed by atoms with Gasteiger partial charge in [0.2, 0.25) is 0 Å². The van der Waals surface area contributed by atoms with Crippen LogP contribution in [0.5, 0.6) is 0 Å². The Morgan fingerprint density at radius 1 is 1.33 bits per heavy atom. The normalized spacial score (nSPS) is 10.8. The van der Waals surface area contributed by atoms with E-state index < -0.39 is 11.9 Å². The van der Waals surface area contributed by atoms with Crippen molar-refractivity contribution in [3.05, 3.63) is 41.7 Å². The lowest BCUT2D eigenvalue weighted by Crippen LogP contribution is -2.22. The minimum Gasteiger partial charge on any atom is -0.455 e. The number of hydrogen-bond acceptors (Lipinski definition) is 6. The van der Waals surface area contributed by atoms with E-state index in [9.17, 15) is 9.59 Å². The fraction of sp³-hybridized carbons (Fsp3) is 0.250. The Balaban J connectivity index is 1.54. The highest BCUT2D eigenvalue weighted by Gasteiger charge is 2.15. The topological polar surface area (TPSA) is 99.2 Å². The number of para-hydroxylation sites is 1. The van der Waals surface area contributed by atoms with E-state index in [0.717, 1.165) is 11.1 Å². The highest BCUT2D eigenvalue weighted by atomic mass is 16.5. The van der Waals surface area contributed by atoms with E-state index in [1.807, 2.05) is 25.1 Å². The average Bonchev–Trinajstić information content (AvgIpc) is 3.09. The Labute approximate surface area is 137 Å². The maximum atomic E-state index is 11.9. The first-order valence-electron chi connectivity index (χ1n) is 7.32. The molecule has 0 aliphatic rings. The van der Waals surface area contributed by atoms with E-state index >= 15 is 0 Å². The molecular weight excluding hydrogens is 312 g/mol. The van der Waals surface area contributed by atoms with Crippen molar-refractivity contribution >= 4 is 28.7 Å². The number of hydrogen-bond donors (Lipinski definition) is 1. The number of aryl methyl sites for hydroxylation is 2. The molecule has 8 nitrogen and oxygen atoms in total. The zero-order chi connectivity index (χ0) is 17.1. The van der Waals surface area contributed by atoms with Crippen molar-refractivity contribution in [1.82, 2.24) is 14.9 Å². The maximum absolute atomic E-state index is 11.9. The smallest absolute Gasteiger partial charge is 0.312 e. The number of nitrogens with one attached hydrogen (secondary N) is 1. The quantitative estimate of drug-likeness (QED) is 0.714. The summed E-state index contributed by atoms with van der Waals surface area (Å²) in [5, 5.41) is 11.3. The van der Waals surface area contributed by atoms with E-state index in [0.29, 0.717) is 17.1 Å². The predicted octanol–water partition coefficient (Wildman–Crippen LogP) is 1.59. The first-order chi connectivity index (χ1) is 11.5. The Morgan fingerprint density at radius 3 is 2.88 bits per heavy atom. The van der Waals surface area contributed by atoms with Crippen molar-refractivity contribution in [3.8, 4) is 0 Å². The van der Waals surface area contributed by atoms with Crippen molar-refractivity contribution in [1.29, 1.82) is 0 Å². The van der Waals surface area contributed by atoms with Crippen LogP contribution in [-0.4, -0.2) is 33.4 Å². The largest absolute Gasteiger partial charge is 0.455 e. The summed E-state index contributed by atoms with van der Waals surface area (Å²) in [6.45, 7) is 1.44. The second-order valence-corrected chi connectivity index (χ2v) is 5.31. The van der Waals surface area contributed by atoms with E-state index in [4.69, 9.17) is 9.26 Å². The van der Waals surface area contributed by atoms with Gasteiger partial charge in [0.1, 0.15) is 11.5 Å². The summed E-state index contributed by atoms with van der Waals surface area (Å²) in [5.74, 6) is -0.446. The Morgan fingerprint density at radius 2 is 2.12 bits per heavy atom. The number of fused-ring (bicyclic) bond motifs is 1. The number of carbonyl (C=O) groups excluding carboxylic acids is 2. The zero-order valence-corrected chi connectivity index (χ0v) is 13.3. The standard InChI is InChI=1S/C16H16N4O4/c1-10-7-14(20(2)18-10)17-15(21)9-23-16(22)8-12-11-5-3-4-6-13(11)24-19-12/h3-7H,8-9H2,1-2H3,(H,17,21). The fourth-order valence-electron chi connectivity index (χ4n) is 2.31. The molecule has 124 valence electrons. The molecule has 3 aromatic rings. The number of benzene rings is 1. The molecule has 0 radical (unpaired) electrons. The van der Waals surface area contributed by atoms with Gasteiger partial charge in [0.25, 0.3) is 5.91 Å². The van der Waals surface area contributed by atoms with Gasteiger partial charge in [0.05, 0.1) is 12.1 Å². The van der Waals surface area contributed by atoms with Crippen LogP contribution in [0, 0.1) is 6.92 Å². The van der Waals surface area contributed by atoms with Crippen molar-refractivity contribution in [3.63, 3.8) is 0 Å². The van der Waals surface area contributed by atoms with Crippen LogP contribution < -0.4 is 5.32 Å². The van der Waals surface area contributed by atoms with Gasteiger partial charge in [-0.3, -0.25) is 14.3 Å². The minimum absolute atomic E-state index is 0.0604. The van der Waals surface area contributed by atoms with Gasteiger partial charge in [0.15, 0.2) is 12.2 Å². The third kappa shape index (κ3) is 3.43. The van der Waals surface area contributed by atoms with Gasteiger partial charge in [-0.15, -0.1) is 0 Å². The molecule has 0 fully saturated rings. The van der Waals surface area contributed by atoms with Crippen LogP contribution >= 0.6 is 0 Å². The van der Waals surface area contributed by atoms with Gasteiger partial charge < -0.3 is 14.6 Å². The molecule has 0 aliphatic heterocycles. The van der Waals surface area contributed by atoms with Crippen LogP contribution in [0.3, 0.4) is 0 Å². The molecular formula is C16H16N4O4. The summed E-state index contributed by atoms with van der Waals surface area (Å²) in [4.78, 5) is 23.7. The van der Waals surface area contributed by atoms with Crippen LogP contribution in [0.4, 0.5) is 5.82 Å². The van der Waals surface area contributed by atoms with Crippen molar-refractivity contribution in [2.24, 2.45) is 7.05 Å².